The third kappa shape index (κ3) is 10.0. The minimum atomic E-state index is -0.172. The maximum atomic E-state index is 9.57. The highest BCUT2D eigenvalue weighted by molar-refractivity contribution is 4.61. The Morgan fingerprint density at radius 3 is 2.21 bits per heavy atom. The van der Waals surface area contributed by atoms with Crippen molar-refractivity contribution in [2.24, 2.45) is 11.8 Å². The van der Waals surface area contributed by atoms with Crippen LogP contribution in [0.15, 0.2) is 0 Å². The van der Waals surface area contributed by atoms with Crippen molar-refractivity contribution in [3.05, 3.63) is 0 Å². The average molecular weight is 201 g/mol. The van der Waals surface area contributed by atoms with Crippen molar-refractivity contribution in [2.75, 3.05) is 13.1 Å². The molecule has 0 rings (SSSR count). The van der Waals surface area contributed by atoms with Gasteiger partial charge < -0.3 is 10.4 Å². The quantitative estimate of drug-likeness (QED) is 0.591. The van der Waals surface area contributed by atoms with Crippen LogP contribution in [-0.2, 0) is 0 Å². The Labute approximate surface area is 89.1 Å². The van der Waals surface area contributed by atoms with Gasteiger partial charge in [-0.05, 0) is 37.6 Å². The average Bonchev–Trinajstić information content (AvgIpc) is 2.01. The summed E-state index contributed by atoms with van der Waals surface area (Å²) in [6.07, 6.45) is 3.21. The molecule has 0 aliphatic rings. The van der Waals surface area contributed by atoms with Gasteiger partial charge in [0.1, 0.15) is 0 Å². The molecule has 1 atom stereocenters. The van der Waals surface area contributed by atoms with Crippen LogP contribution in [0.3, 0.4) is 0 Å². The summed E-state index contributed by atoms with van der Waals surface area (Å²) in [6.45, 7) is 10.6. The van der Waals surface area contributed by atoms with Gasteiger partial charge in [-0.25, -0.2) is 0 Å². The lowest BCUT2D eigenvalue weighted by Gasteiger charge is -2.14. The summed E-state index contributed by atoms with van der Waals surface area (Å²) in [5.74, 6) is 1.37. The number of rotatable bonds is 8. The highest BCUT2D eigenvalue weighted by atomic mass is 16.3. The van der Waals surface area contributed by atoms with Crippen molar-refractivity contribution in [1.82, 2.24) is 5.32 Å². The molecule has 0 radical (unpaired) electrons. The van der Waals surface area contributed by atoms with Crippen LogP contribution >= 0.6 is 0 Å². The lowest BCUT2D eigenvalue weighted by atomic mass is 10.1. The summed E-state index contributed by atoms with van der Waals surface area (Å²) in [5.41, 5.74) is 0. The van der Waals surface area contributed by atoms with Crippen LogP contribution in [0.5, 0.6) is 0 Å². The maximum absolute atomic E-state index is 9.57. The molecule has 2 heteroatoms. The van der Waals surface area contributed by atoms with E-state index in [1.54, 1.807) is 0 Å². The van der Waals surface area contributed by atoms with Crippen molar-refractivity contribution < 1.29 is 5.11 Å². The van der Waals surface area contributed by atoms with Crippen LogP contribution in [-0.4, -0.2) is 24.3 Å². The Bertz CT molecular complexity index is 123. The molecular weight excluding hydrogens is 174 g/mol. The molecular formula is C12H27NO. The van der Waals surface area contributed by atoms with Crippen LogP contribution in [0.25, 0.3) is 0 Å². The third-order valence-electron chi connectivity index (χ3n) is 2.26. The van der Waals surface area contributed by atoms with E-state index in [1.807, 2.05) is 0 Å². The molecule has 0 aromatic rings. The first-order valence-corrected chi connectivity index (χ1v) is 5.91. The van der Waals surface area contributed by atoms with Crippen molar-refractivity contribution >= 4 is 0 Å². The standard InChI is InChI=1S/C12H27NO/c1-10(2)6-5-7-13-9-12(14)8-11(3)4/h10-14H,5-9H2,1-4H3. The van der Waals surface area contributed by atoms with Crippen LogP contribution in [0, 0.1) is 11.8 Å². The van der Waals surface area contributed by atoms with E-state index in [4.69, 9.17) is 0 Å². The van der Waals surface area contributed by atoms with Gasteiger partial charge in [0.2, 0.25) is 0 Å². The second-order valence-electron chi connectivity index (χ2n) is 5.02. The molecule has 86 valence electrons. The Kier molecular flexibility index (Phi) is 8.20. The van der Waals surface area contributed by atoms with Gasteiger partial charge in [-0.1, -0.05) is 27.7 Å². The summed E-state index contributed by atoms with van der Waals surface area (Å²) in [5, 5.41) is 12.9. The molecule has 14 heavy (non-hydrogen) atoms. The zero-order valence-electron chi connectivity index (χ0n) is 10.2. The number of hydrogen-bond donors (Lipinski definition) is 2. The minimum absolute atomic E-state index is 0.172. The monoisotopic (exact) mass is 201 g/mol. The molecule has 1 unspecified atom stereocenters. The molecule has 0 saturated heterocycles. The Morgan fingerprint density at radius 1 is 1.07 bits per heavy atom. The Balaban J connectivity index is 3.19. The minimum Gasteiger partial charge on any atom is -0.392 e. The molecule has 0 spiro atoms. The maximum Gasteiger partial charge on any atom is 0.0667 e. The summed E-state index contributed by atoms with van der Waals surface area (Å²) in [7, 11) is 0. The fourth-order valence-corrected chi connectivity index (χ4v) is 1.53. The van der Waals surface area contributed by atoms with E-state index in [0.29, 0.717) is 5.92 Å². The highest BCUT2D eigenvalue weighted by Gasteiger charge is 2.05. The molecule has 0 amide bonds. The van der Waals surface area contributed by atoms with E-state index in [9.17, 15) is 5.11 Å². The van der Waals surface area contributed by atoms with Crippen LogP contribution < -0.4 is 5.32 Å². The molecule has 0 heterocycles. The largest absolute Gasteiger partial charge is 0.392 e. The number of nitrogens with one attached hydrogen (secondary N) is 1. The molecule has 0 aliphatic heterocycles. The SMILES string of the molecule is CC(C)CCCNCC(O)CC(C)C. The number of hydrogen-bond acceptors (Lipinski definition) is 2. The van der Waals surface area contributed by atoms with Crippen molar-refractivity contribution in [3.63, 3.8) is 0 Å². The molecule has 0 aromatic carbocycles. The highest BCUT2D eigenvalue weighted by Crippen LogP contribution is 2.04. The Hall–Kier alpha value is -0.0800. The van der Waals surface area contributed by atoms with Gasteiger partial charge in [0, 0.05) is 6.54 Å². The molecule has 0 aliphatic carbocycles. The predicted octanol–water partition coefficient (Wildman–Crippen LogP) is 2.42. The van der Waals surface area contributed by atoms with Crippen molar-refractivity contribution in [3.8, 4) is 0 Å². The smallest absolute Gasteiger partial charge is 0.0667 e. The van der Waals surface area contributed by atoms with Crippen molar-refractivity contribution in [1.29, 1.82) is 0 Å². The molecule has 2 nitrogen and oxygen atoms in total. The van der Waals surface area contributed by atoms with E-state index in [0.717, 1.165) is 25.4 Å². The summed E-state index contributed by atoms with van der Waals surface area (Å²) in [6, 6.07) is 0. The van der Waals surface area contributed by atoms with Gasteiger partial charge in [0.15, 0.2) is 0 Å². The van der Waals surface area contributed by atoms with Crippen LogP contribution in [0.4, 0.5) is 0 Å². The topological polar surface area (TPSA) is 32.3 Å². The van der Waals surface area contributed by atoms with Gasteiger partial charge in [0.25, 0.3) is 0 Å². The first-order chi connectivity index (χ1) is 6.52. The van der Waals surface area contributed by atoms with Crippen LogP contribution in [0.2, 0.25) is 0 Å². The van der Waals surface area contributed by atoms with E-state index in [2.05, 4.69) is 33.0 Å². The molecule has 2 N–H and O–H groups in total. The lowest BCUT2D eigenvalue weighted by Crippen LogP contribution is -2.28. The predicted molar refractivity (Wildman–Crippen MR) is 62.4 cm³/mol. The first-order valence-electron chi connectivity index (χ1n) is 5.91. The fraction of sp³-hybridized carbons (Fsp3) is 1.00. The number of aliphatic hydroxyl groups excluding tert-OH is 1. The zero-order chi connectivity index (χ0) is 11.0. The zero-order valence-corrected chi connectivity index (χ0v) is 10.2. The van der Waals surface area contributed by atoms with Gasteiger partial charge in [-0.2, -0.15) is 0 Å². The van der Waals surface area contributed by atoms with E-state index in [1.165, 1.54) is 12.8 Å². The fourth-order valence-electron chi connectivity index (χ4n) is 1.53. The molecule has 0 saturated carbocycles. The van der Waals surface area contributed by atoms with Crippen molar-refractivity contribution in [2.45, 2.75) is 53.1 Å². The lowest BCUT2D eigenvalue weighted by molar-refractivity contribution is 0.146. The van der Waals surface area contributed by atoms with Gasteiger partial charge in [0.05, 0.1) is 6.10 Å². The molecule has 0 fully saturated rings. The van der Waals surface area contributed by atoms with Gasteiger partial charge in [-0.15, -0.1) is 0 Å². The van der Waals surface area contributed by atoms with E-state index < -0.39 is 0 Å². The van der Waals surface area contributed by atoms with Crippen LogP contribution in [0.1, 0.15) is 47.0 Å². The first kappa shape index (κ1) is 13.9. The van der Waals surface area contributed by atoms with Gasteiger partial charge in [-0.3, -0.25) is 0 Å². The Morgan fingerprint density at radius 2 is 1.71 bits per heavy atom. The molecule has 0 aromatic heterocycles. The number of aliphatic hydroxyl groups is 1. The van der Waals surface area contributed by atoms with E-state index >= 15 is 0 Å². The third-order valence-corrected chi connectivity index (χ3v) is 2.26. The summed E-state index contributed by atoms with van der Waals surface area (Å²) < 4.78 is 0. The van der Waals surface area contributed by atoms with Gasteiger partial charge >= 0.3 is 0 Å². The summed E-state index contributed by atoms with van der Waals surface area (Å²) >= 11 is 0. The van der Waals surface area contributed by atoms with E-state index in [-0.39, 0.29) is 6.10 Å². The second-order valence-corrected chi connectivity index (χ2v) is 5.02. The molecule has 0 bridgehead atoms. The second kappa shape index (κ2) is 8.25. The normalized spacial score (nSPS) is 13.9. The summed E-state index contributed by atoms with van der Waals surface area (Å²) in [4.78, 5) is 0.